The van der Waals surface area contributed by atoms with E-state index in [0.717, 1.165) is 25.5 Å². The van der Waals surface area contributed by atoms with Gasteiger partial charge in [0.05, 0.1) is 39.1 Å². The van der Waals surface area contributed by atoms with Crippen molar-refractivity contribution >= 4 is 17.9 Å². The lowest BCUT2D eigenvalue weighted by molar-refractivity contribution is -0.347. The van der Waals surface area contributed by atoms with Crippen LogP contribution in [0.3, 0.4) is 0 Å². The number of aliphatic hydroxyl groups excluding tert-OH is 13. The normalized spacial score (nSPS) is 47.6. The summed E-state index contributed by atoms with van der Waals surface area (Å²) in [5.41, 5.74) is -2.10. The van der Waals surface area contributed by atoms with Gasteiger partial charge < -0.3 is 114 Å². The Hall–Kier alpha value is -3.59. The molecule has 502 valence electrons. The van der Waals surface area contributed by atoms with E-state index in [2.05, 4.69) is 54.5 Å². The predicted octanol–water partition coefficient (Wildman–Crippen LogP) is -0.706. The van der Waals surface area contributed by atoms with Gasteiger partial charge in [0.1, 0.15) is 90.5 Å². The van der Waals surface area contributed by atoms with E-state index in [4.69, 9.17) is 47.4 Å². The number of aryl methyl sites for hydroxylation is 1. The Morgan fingerprint density at radius 2 is 1.22 bits per heavy atom. The molecule has 0 aromatic heterocycles. The number of esters is 3. The van der Waals surface area contributed by atoms with Crippen LogP contribution >= 0.6 is 0 Å². The largest absolute Gasteiger partial charge is 0.467 e. The molecule has 8 fully saturated rings. The smallest absolute Gasteiger partial charge is 0.337 e. The number of ether oxygens (including phenoxy) is 10. The summed E-state index contributed by atoms with van der Waals surface area (Å²) in [7, 11) is 1.13. The van der Waals surface area contributed by atoms with Gasteiger partial charge in [-0.15, -0.1) is 0 Å². The minimum atomic E-state index is -1.95. The van der Waals surface area contributed by atoms with Crippen LogP contribution in [0, 0.1) is 50.2 Å². The zero-order valence-electron chi connectivity index (χ0n) is 51.8. The molecule has 5 aliphatic carbocycles. The molecule has 0 unspecified atom stereocenters. The van der Waals surface area contributed by atoms with Gasteiger partial charge in [-0.3, -0.25) is 9.59 Å². The van der Waals surface area contributed by atoms with Gasteiger partial charge in [-0.2, -0.15) is 0 Å². The summed E-state index contributed by atoms with van der Waals surface area (Å²) in [6, 6.07) is 6.20. The van der Waals surface area contributed by atoms with Crippen molar-refractivity contribution in [1.29, 1.82) is 0 Å². The summed E-state index contributed by atoms with van der Waals surface area (Å²) < 4.78 is 58.7. The predicted molar refractivity (Wildman–Crippen MR) is 304 cm³/mol. The fraction of sp³-hybridized carbons (Fsp3) is 0.825. The van der Waals surface area contributed by atoms with Gasteiger partial charge in [-0.1, -0.05) is 72.2 Å². The minimum absolute atomic E-state index is 0.0457. The second-order valence-electron chi connectivity index (χ2n) is 28.8. The lowest BCUT2D eigenvalue weighted by atomic mass is 9.33. The SMILES string of the molecule is COC(=O)[C@H]1O[C@@H](O[C@H]2CC[C@]3(C)[C@H]4CC=C5[C@@H]6CC(C)(C)CC[C@]6(C(=O)O[C@@H]6OC[C@@H](O)[C@H](O[C@@H]7O[C@H](CO)[C@@H](O)[C@H](O)[C@H]7O)[C@H]6OC(=O)CCc6ccc(O[C@@H]7O[C@H](CO)[C@@H](O)[C@H](O)[C@H]7O)cc6)[C@H](O)C[C@@]5(C)[C@]4(C)CC[C@H]3C2(C)C)[C@H](O)[C@@H](O)[C@@H]1O. The molecule has 26 heteroatoms. The number of rotatable bonds is 15. The molecule has 4 aliphatic heterocycles. The summed E-state index contributed by atoms with van der Waals surface area (Å²) in [6.45, 7) is 13.3. The third kappa shape index (κ3) is 11.9. The van der Waals surface area contributed by atoms with Crippen molar-refractivity contribution in [3.63, 3.8) is 0 Å². The minimum Gasteiger partial charge on any atom is -0.467 e. The van der Waals surface area contributed by atoms with Gasteiger partial charge in [-0.05, 0) is 127 Å². The maximum atomic E-state index is 15.7. The molecule has 89 heavy (non-hydrogen) atoms. The monoisotopic (exact) mass is 1270 g/mol. The van der Waals surface area contributed by atoms with Gasteiger partial charge in [0, 0.05) is 6.42 Å². The second kappa shape index (κ2) is 25.6. The van der Waals surface area contributed by atoms with Crippen LogP contribution in [0.5, 0.6) is 5.75 Å². The zero-order chi connectivity index (χ0) is 64.8. The molecule has 4 saturated carbocycles. The van der Waals surface area contributed by atoms with E-state index in [1.165, 1.54) is 12.1 Å². The van der Waals surface area contributed by atoms with Crippen LogP contribution in [-0.2, 0) is 63.4 Å². The molecule has 4 heterocycles. The highest BCUT2D eigenvalue weighted by atomic mass is 16.8. The van der Waals surface area contributed by atoms with Crippen LogP contribution in [0.15, 0.2) is 35.9 Å². The fourth-order valence-corrected chi connectivity index (χ4v) is 17.6. The summed E-state index contributed by atoms with van der Waals surface area (Å²) in [4.78, 5) is 42.4. The number of allylic oxidation sites excluding steroid dienone is 2. The number of benzene rings is 1. The molecule has 26 nitrogen and oxygen atoms in total. The Kier molecular flexibility index (Phi) is 19.7. The molecule has 9 aliphatic rings. The molecule has 0 amide bonds. The Bertz CT molecular complexity index is 2710. The van der Waals surface area contributed by atoms with E-state index < -0.39 is 194 Å². The number of aliphatic hydroxyl groups is 13. The zero-order valence-corrected chi connectivity index (χ0v) is 51.8. The molecule has 1 aromatic carbocycles. The summed E-state index contributed by atoms with van der Waals surface area (Å²) >= 11 is 0. The molecule has 0 spiro atoms. The van der Waals surface area contributed by atoms with E-state index in [9.17, 15) is 76.0 Å². The number of fused-ring (bicyclic) bond motifs is 7. The van der Waals surface area contributed by atoms with E-state index in [0.29, 0.717) is 37.7 Å². The lowest BCUT2D eigenvalue weighted by Crippen LogP contribution is -2.68. The quantitative estimate of drug-likeness (QED) is 0.0447. The third-order valence-electron chi connectivity index (χ3n) is 23.0. The molecule has 0 radical (unpaired) electrons. The van der Waals surface area contributed by atoms with Gasteiger partial charge in [0.15, 0.2) is 24.8 Å². The van der Waals surface area contributed by atoms with Crippen molar-refractivity contribution < 1.29 is 128 Å². The Morgan fingerprint density at radius 1 is 0.618 bits per heavy atom. The van der Waals surface area contributed by atoms with E-state index >= 15 is 4.79 Å². The van der Waals surface area contributed by atoms with E-state index in [-0.39, 0.29) is 54.1 Å². The molecule has 1 aromatic rings. The Labute approximate surface area is 516 Å². The van der Waals surface area contributed by atoms with Crippen molar-refractivity contribution in [2.45, 2.75) is 248 Å². The molecule has 28 atom stereocenters. The maximum absolute atomic E-state index is 15.7. The van der Waals surface area contributed by atoms with Crippen LogP contribution in [0.4, 0.5) is 0 Å². The van der Waals surface area contributed by atoms with Gasteiger partial charge in [0.25, 0.3) is 0 Å². The van der Waals surface area contributed by atoms with Crippen LogP contribution < -0.4 is 4.74 Å². The topological polar surface area (TPSA) is 407 Å². The highest BCUT2D eigenvalue weighted by Gasteiger charge is 2.72. The van der Waals surface area contributed by atoms with Crippen LogP contribution in [0.2, 0.25) is 0 Å². The molecule has 10 rings (SSSR count). The number of hydrogen-bond acceptors (Lipinski definition) is 26. The number of hydrogen-bond donors (Lipinski definition) is 13. The summed E-state index contributed by atoms with van der Waals surface area (Å²) in [5.74, 6) is -2.86. The molecule has 13 N–H and O–H groups in total. The standard InChI is InChI=1S/C63H94O26/c1-58(2)21-22-63(31(23-58)30-14-15-36-60(5)19-18-38(85-55-48(77)44(73)45(74)50(88-55)52(78)80-8)59(3,4)35(60)17-20-61(36,6)62(30,7)24-37(63)67)57(79)89-56-51(49(32(66)27-81-56)87-54-47(76)43(72)41(70)34(26-65)84-54)86-39(68)16-11-28-9-12-29(13-10-28)82-53-46(75)42(71)40(69)33(25-64)83-53/h9-10,12-14,31-38,40-51,53-56,64-67,69-77H,11,15-27H2,1-8H3/t31-,32+,33+,34+,35-,36+,37+,38-,40+,41+,42-,43-,44-,45-,46+,47+,48+,49-,50-,51+,53+,54-,55+,56-,60-,61+,62+,63+/m0/s1. The van der Waals surface area contributed by atoms with E-state index in [1.54, 1.807) is 12.1 Å². The second-order valence-corrected chi connectivity index (χ2v) is 28.8. The van der Waals surface area contributed by atoms with Gasteiger partial charge in [-0.25, -0.2) is 4.79 Å². The average Bonchev–Trinajstić information content (AvgIpc) is 0.680. The first-order valence-electron chi connectivity index (χ1n) is 31.4. The van der Waals surface area contributed by atoms with Crippen LogP contribution in [0.25, 0.3) is 0 Å². The first-order chi connectivity index (χ1) is 41.8. The Balaban J connectivity index is 0.894. The highest BCUT2D eigenvalue weighted by molar-refractivity contribution is 5.80. The molecular formula is C63H94O26. The van der Waals surface area contributed by atoms with Crippen molar-refractivity contribution in [2.75, 3.05) is 26.9 Å². The van der Waals surface area contributed by atoms with Crippen LogP contribution in [-0.4, -0.2) is 240 Å². The lowest BCUT2D eigenvalue weighted by Gasteiger charge is -2.71. The van der Waals surface area contributed by atoms with Gasteiger partial charge >= 0.3 is 17.9 Å². The Morgan fingerprint density at radius 3 is 1.85 bits per heavy atom. The molecule has 4 saturated heterocycles. The third-order valence-corrected chi connectivity index (χ3v) is 23.0. The van der Waals surface area contributed by atoms with Gasteiger partial charge in [0.2, 0.25) is 12.6 Å². The number of carbonyl (C=O) groups is 3. The molecular weight excluding hydrogens is 1170 g/mol. The average molecular weight is 1270 g/mol. The summed E-state index contributed by atoms with van der Waals surface area (Å²) in [6.07, 6.45) is -26.4. The first-order valence-corrected chi connectivity index (χ1v) is 31.4. The fourth-order valence-electron chi connectivity index (χ4n) is 17.6. The maximum Gasteiger partial charge on any atom is 0.337 e. The van der Waals surface area contributed by atoms with Crippen molar-refractivity contribution in [3.8, 4) is 5.75 Å². The number of methoxy groups -OCH3 is 1. The van der Waals surface area contributed by atoms with Crippen molar-refractivity contribution in [3.05, 3.63) is 41.5 Å². The van der Waals surface area contributed by atoms with Crippen LogP contribution in [0.1, 0.15) is 118 Å². The highest BCUT2D eigenvalue weighted by Crippen LogP contribution is 2.76. The van der Waals surface area contributed by atoms with E-state index in [1.807, 2.05) is 0 Å². The molecule has 0 bridgehead atoms. The summed E-state index contributed by atoms with van der Waals surface area (Å²) in [5, 5.41) is 140. The van der Waals surface area contributed by atoms with Crippen molar-refractivity contribution in [1.82, 2.24) is 0 Å². The van der Waals surface area contributed by atoms with Crippen molar-refractivity contribution in [2.24, 2.45) is 50.2 Å². The first kappa shape index (κ1) is 68.3. The number of carbonyl (C=O) groups excluding carboxylic acids is 3.